The Bertz CT molecular complexity index is 813. The third kappa shape index (κ3) is 3.10. The predicted molar refractivity (Wildman–Crippen MR) is 91.8 cm³/mol. The third-order valence-electron chi connectivity index (χ3n) is 4.78. The van der Waals surface area contributed by atoms with Crippen LogP contribution in [0.3, 0.4) is 0 Å². The second-order valence-electron chi connectivity index (χ2n) is 6.38. The number of rotatable bonds is 4. The lowest BCUT2D eigenvalue weighted by Crippen LogP contribution is -2.42. The molecule has 4 rings (SSSR count). The molecule has 1 aromatic heterocycles. The maximum atomic E-state index is 14.1. The van der Waals surface area contributed by atoms with Gasteiger partial charge in [-0.05, 0) is 23.6 Å². The van der Waals surface area contributed by atoms with Crippen molar-refractivity contribution in [2.24, 2.45) is 0 Å². The highest BCUT2D eigenvalue weighted by Gasteiger charge is 2.26. The van der Waals surface area contributed by atoms with Gasteiger partial charge in [0.15, 0.2) is 0 Å². The van der Waals surface area contributed by atoms with Gasteiger partial charge in [0.25, 0.3) is 0 Å². The van der Waals surface area contributed by atoms with Gasteiger partial charge in [-0.2, -0.15) is 0 Å². The van der Waals surface area contributed by atoms with Gasteiger partial charge in [0, 0.05) is 43.6 Å². The Kier molecular flexibility index (Phi) is 4.13. The first-order valence-electron chi connectivity index (χ1n) is 8.29. The summed E-state index contributed by atoms with van der Waals surface area (Å²) in [6.07, 6.45) is 6.62. The predicted octanol–water partition coefficient (Wildman–Crippen LogP) is 3.65. The van der Waals surface area contributed by atoms with Crippen LogP contribution in [0.4, 0.5) is 4.39 Å². The van der Waals surface area contributed by atoms with Gasteiger partial charge >= 0.3 is 0 Å². The molecule has 4 heteroatoms. The standard InChI is InChI=1S/C20H20FN3/c21-20-8-4-3-7-18(20)13-24-12-17-6-2-1-5-16(17)11-19(24)14-23-10-9-22-15-23/h1-10,15,19H,11-14H2. The molecule has 0 bridgehead atoms. The van der Waals surface area contributed by atoms with E-state index in [1.54, 1.807) is 12.3 Å². The molecule has 122 valence electrons. The lowest BCUT2D eigenvalue weighted by Gasteiger charge is -2.37. The van der Waals surface area contributed by atoms with E-state index in [9.17, 15) is 4.39 Å². The van der Waals surface area contributed by atoms with E-state index >= 15 is 0 Å². The van der Waals surface area contributed by atoms with Gasteiger partial charge in [-0.25, -0.2) is 9.37 Å². The first-order chi connectivity index (χ1) is 11.8. The maximum Gasteiger partial charge on any atom is 0.127 e. The zero-order valence-electron chi connectivity index (χ0n) is 13.5. The van der Waals surface area contributed by atoms with Crippen molar-refractivity contribution in [3.63, 3.8) is 0 Å². The van der Waals surface area contributed by atoms with Crippen molar-refractivity contribution in [1.82, 2.24) is 14.5 Å². The first-order valence-corrected chi connectivity index (χ1v) is 8.29. The van der Waals surface area contributed by atoms with Crippen molar-refractivity contribution in [2.45, 2.75) is 32.1 Å². The molecule has 0 amide bonds. The van der Waals surface area contributed by atoms with Crippen molar-refractivity contribution in [2.75, 3.05) is 0 Å². The van der Waals surface area contributed by atoms with Gasteiger partial charge in [-0.1, -0.05) is 42.5 Å². The Hall–Kier alpha value is -2.46. The number of imidazole rings is 1. The molecule has 24 heavy (non-hydrogen) atoms. The average Bonchev–Trinajstić information content (AvgIpc) is 3.10. The summed E-state index contributed by atoms with van der Waals surface area (Å²) in [5.41, 5.74) is 3.50. The van der Waals surface area contributed by atoms with E-state index in [0.29, 0.717) is 12.6 Å². The van der Waals surface area contributed by atoms with Crippen LogP contribution < -0.4 is 0 Å². The van der Waals surface area contributed by atoms with Crippen LogP contribution in [0.15, 0.2) is 67.3 Å². The molecule has 0 radical (unpaired) electrons. The van der Waals surface area contributed by atoms with Gasteiger partial charge in [0.05, 0.1) is 6.33 Å². The van der Waals surface area contributed by atoms with Crippen LogP contribution in [0.25, 0.3) is 0 Å². The molecule has 0 fully saturated rings. The van der Waals surface area contributed by atoms with Gasteiger partial charge in [-0.3, -0.25) is 4.90 Å². The summed E-state index contributed by atoms with van der Waals surface area (Å²) in [4.78, 5) is 6.52. The molecule has 2 heterocycles. The summed E-state index contributed by atoms with van der Waals surface area (Å²) in [5.74, 6) is -0.127. The minimum Gasteiger partial charge on any atom is -0.336 e. The van der Waals surface area contributed by atoms with Gasteiger partial charge < -0.3 is 4.57 Å². The van der Waals surface area contributed by atoms with E-state index in [-0.39, 0.29) is 5.82 Å². The highest BCUT2D eigenvalue weighted by Crippen LogP contribution is 2.26. The minimum absolute atomic E-state index is 0.127. The number of halogens is 1. The number of hydrogen-bond acceptors (Lipinski definition) is 2. The molecule has 2 aromatic carbocycles. The van der Waals surface area contributed by atoms with Gasteiger partial charge in [-0.15, -0.1) is 0 Å². The number of aromatic nitrogens is 2. The molecule has 1 atom stereocenters. The zero-order valence-corrected chi connectivity index (χ0v) is 13.5. The van der Waals surface area contributed by atoms with E-state index in [1.165, 1.54) is 17.2 Å². The fraction of sp³-hybridized carbons (Fsp3) is 0.250. The number of fused-ring (bicyclic) bond motifs is 1. The summed E-state index contributed by atoms with van der Waals surface area (Å²) in [6.45, 7) is 2.34. The summed E-state index contributed by atoms with van der Waals surface area (Å²) in [7, 11) is 0. The summed E-state index contributed by atoms with van der Waals surface area (Å²) >= 11 is 0. The molecule has 3 nitrogen and oxygen atoms in total. The molecule has 0 aliphatic carbocycles. The summed E-state index contributed by atoms with van der Waals surface area (Å²) in [5, 5.41) is 0. The Morgan fingerprint density at radius 2 is 1.83 bits per heavy atom. The Labute approximate surface area is 141 Å². The highest BCUT2D eigenvalue weighted by atomic mass is 19.1. The van der Waals surface area contributed by atoms with Crippen molar-refractivity contribution >= 4 is 0 Å². The monoisotopic (exact) mass is 321 g/mol. The SMILES string of the molecule is Fc1ccccc1CN1Cc2ccccc2CC1Cn1ccnc1. The lowest BCUT2D eigenvalue weighted by atomic mass is 9.93. The molecule has 0 N–H and O–H groups in total. The van der Waals surface area contributed by atoms with Crippen molar-refractivity contribution in [1.29, 1.82) is 0 Å². The topological polar surface area (TPSA) is 21.1 Å². The molecule has 3 aromatic rings. The smallest absolute Gasteiger partial charge is 0.127 e. The Morgan fingerprint density at radius 3 is 2.62 bits per heavy atom. The van der Waals surface area contributed by atoms with Crippen LogP contribution >= 0.6 is 0 Å². The largest absolute Gasteiger partial charge is 0.336 e. The van der Waals surface area contributed by atoms with E-state index < -0.39 is 0 Å². The van der Waals surface area contributed by atoms with Crippen LogP contribution in [0.2, 0.25) is 0 Å². The number of nitrogens with zero attached hydrogens (tertiary/aromatic N) is 3. The van der Waals surface area contributed by atoms with Crippen LogP contribution in [0.1, 0.15) is 16.7 Å². The molecular weight excluding hydrogens is 301 g/mol. The molecule has 1 aliphatic heterocycles. The van der Waals surface area contributed by atoms with Crippen LogP contribution in [0, 0.1) is 5.82 Å². The Morgan fingerprint density at radius 1 is 1.04 bits per heavy atom. The second-order valence-corrected chi connectivity index (χ2v) is 6.38. The van der Waals surface area contributed by atoms with Crippen molar-refractivity contribution < 1.29 is 4.39 Å². The summed E-state index contributed by atoms with van der Waals surface area (Å²) in [6, 6.07) is 16.0. The van der Waals surface area contributed by atoms with Crippen LogP contribution in [-0.2, 0) is 26.1 Å². The Balaban J connectivity index is 1.62. The van der Waals surface area contributed by atoms with E-state index in [1.807, 2.05) is 24.7 Å². The molecule has 1 aliphatic rings. The maximum absolute atomic E-state index is 14.1. The first kappa shape index (κ1) is 15.1. The number of hydrogen-bond donors (Lipinski definition) is 0. The van der Waals surface area contributed by atoms with Gasteiger partial charge in [0.2, 0.25) is 0 Å². The van der Waals surface area contributed by atoms with Crippen LogP contribution in [-0.4, -0.2) is 20.5 Å². The molecule has 0 spiro atoms. The minimum atomic E-state index is -0.127. The fourth-order valence-electron chi connectivity index (χ4n) is 3.49. The number of benzene rings is 2. The normalized spacial score (nSPS) is 17.6. The average molecular weight is 321 g/mol. The second kappa shape index (κ2) is 6.57. The fourth-order valence-corrected chi connectivity index (χ4v) is 3.49. The summed E-state index contributed by atoms with van der Waals surface area (Å²) < 4.78 is 16.2. The quantitative estimate of drug-likeness (QED) is 0.731. The molecule has 0 saturated carbocycles. The van der Waals surface area contributed by atoms with Crippen molar-refractivity contribution in [3.05, 3.63) is 89.8 Å². The van der Waals surface area contributed by atoms with Gasteiger partial charge in [0.1, 0.15) is 5.82 Å². The molecular formula is C20H20FN3. The molecule has 0 saturated heterocycles. The zero-order chi connectivity index (χ0) is 16.4. The molecule has 1 unspecified atom stereocenters. The lowest BCUT2D eigenvalue weighted by molar-refractivity contribution is 0.144. The highest BCUT2D eigenvalue weighted by molar-refractivity contribution is 5.30. The van der Waals surface area contributed by atoms with E-state index in [2.05, 4.69) is 38.7 Å². The van der Waals surface area contributed by atoms with E-state index in [0.717, 1.165) is 25.1 Å². The van der Waals surface area contributed by atoms with E-state index in [4.69, 9.17) is 0 Å². The third-order valence-corrected chi connectivity index (χ3v) is 4.78. The van der Waals surface area contributed by atoms with Crippen LogP contribution in [0.5, 0.6) is 0 Å². The van der Waals surface area contributed by atoms with Crippen molar-refractivity contribution in [3.8, 4) is 0 Å².